The van der Waals surface area contributed by atoms with Crippen molar-refractivity contribution in [1.29, 1.82) is 0 Å². The zero-order valence-corrected chi connectivity index (χ0v) is 16.8. The Hall–Kier alpha value is -3.16. The highest BCUT2D eigenvalue weighted by atomic mass is 32.2. The molecular formula is C22H19N3O3S. The minimum atomic E-state index is -1.06. The van der Waals surface area contributed by atoms with E-state index in [2.05, 4.69) is 4.98 Å². The Labute approximate surface area is 172 Å². The molecule has 1 unspecified atom stereocenters. The second-order valence-electron chi connectivity index (χ2n) is 6.37. The van der Waals surface area contributed by atoms with Crippen molar-refractivity contribution < 1.29 is 14.6 Å². The highest BCUT2D eigenvalue weighted by molar-refractivity contribution is 7.98. The summed E-state index contributed by atoms with van der Waals surface area (Å²) in [6.07, 6.45) is 2.87. The SMILES string of the molecule is COC(=O)c1cccc(C(O)c2c(-c3ccccc3)nn3cc(SC)ccc23)n1. The van der Waals surface area contributed by atoms with Gasteiger partial charge in [-0.15, -0.1) is 11.8 Å². The van der Waals surface area contributed by atoms with Gasteiger partial charge < -0.3 is 9.84 Å². The van der Waals surface area contributed by atoms with Crippen molar-refractivity contribution in [1.82, 2.24) is 14.6 Å². The summed E-state index contributed by atoms with van der Waals surface area (Å²) in [5.74, 6) is -0.549. The zero-order chi connectivity index (χ0) is 20.4. The lowest BCUT2D eigenvalue weighted by molar-refractivity contribution is 0.0593. The minimum absolute atomic E-state index is 0.145. The maximum Gasteiger partial charge on any atom is 0.356 e. The number of rotatable bonds is 5. The van der Waals surface area contributed by atoms with Gasteiger partial charge >= 0.3 is 5.97 Å². The Morgan fingerprint density at radius 3 is 2.62 bits per heavy atom. The van der Waals surface area contributed by atoms with Crippen LogP contribution in [0.3, 0.4) is 0 Å². The summed E-state index contributed by atoms with van der Waals surface area (Å²) in [4.78, 5) is 17.2. The molecule has 0 bridgehead atoms. The molecule has 146 valence electrons. The van der Waals surface area contributed by atoms with E-state index in [1.54, 1.807) is 34.5 Å². The lowest BCUT2D eigenvalue weighted by Gasteiger charge is -2.12. The lowest BCUT2D eigenvalue weighted by Crippen LogP contribution is -2.09. The molecule has 0 aliphatic carbocycles. The lowest BCUT2D eigenvalue weighted by atomic mass is 9.99. The number of carbonyl (C=O) groups is 1. The number of fused-ring (bicyclic) bond motifs is 1. The van der Waals surface area contributed by atoms with Gasteiger partial charge in [-0.3, -0.25) is 0 Å². The van der Waals surface area contributed by atoms with Gasteiger partial charge in [0.05, 0.1) is 24.0 Å². The number of aliphatic hydroxyl groups is 1. The third kappa shape index (κ3) is 3.62. The number of thioether (sulfide) groups is 1. The van der Waals surface area contributed by atoms with Gasteiger partial charge in [-0.25, -0.2) is 14.3 Å². The van der Waals surface area contributed by atoms with Gasteiger partial charge in [-0.1, -0.05) is 36.4 Å². The van der Waals surface area contributed by atoms with Crippen LogP contribution in [-0.2, 0) is 4.74 Å². The largest absolute Gasteiger partial charge is 0.464 e. The second-order valence-corrected chi connectivity index (χ2v) is 7.25. The van der Waals surface area contributed by atoms with E-state index in [4.69, 9.17) is 9.84 Å². The fourth-order valence-corrected chi connectivity index (χ4v) is 3.63. The van der Waals surface area contributed by atoms with Gasteiger partial charge in [0.1, 0.15) is 11.8 Å². The van der Waals surface area contributed by atoms with Crippen molar-refractivity contribution in [2.45, 2.75) is 11.0 Å². The van der Waals surface area contributed by atoms with Crippen LogP contribution in [0.2, 0.25) is 0 Å². The van der Waals surface area contributed by atoms with Gasteiger partial charge in [0, 0.05) is 22.2 Å². The average molecular weight is 405 g/mol. The van der Waals surface area contributed by atoms with E-state index in [0.29, 0.717) is 17.0 Å². The van der Waals surface area contributed by atoms with E-state index >= 15 is 0 Å². The summed E-state index contributed by atoms with van der Waals surface area (Å²) in [7, 11) is 1.30. The summed E-state index contributed by atoms with van der Waals surface area (Å²) in [5, 5.41) is 16.0. The van der Waals surface area contributed by atoms with E-state index < -0.39 is 12.1 Å². The van der Waals surface area contributed by atoms with Crippen LogP contribution in [-0.4, -0.2) is 39.0 Å². The fraction of sp³-hybridized carbons (Fsp3) is 0.136. The number of hydrogen-bond acceptors (Lipinski definition) is 6. The highest BCUT2D eigenvalue weighted by Gasteiger charge is 2.24. The molecule has 0 aliphatic heterocycles. The van der Waals surface area contributed by atoms with Crippen LogP contribution in [0.25, 0.3) is 16.8 Å². The fourth-order valence-electron chi connectivity index (χ4n) is 3.22. The topological polar surface area (TPSA) is 76.7 Å². The normalized spacial score (nSPS) is 12.1. The second kappa shape index (κ2) is 8.06. The summed E-state index contributed by atoms with van der Waals surface area (Å²) < 4.78 is 6.52. The van der Waals surface area contributed by atoms with E-state index in [1.165, 1.54) is 7.11 Å². The molecule has 0 fully saturated rings. The smallest absolute Gasteiger partial charge is 0.356 e. The Morgan fingerprint density at radius 2 is 1.90 bits per heavy atom. The summed E-state index contributed by atoms with van der Waals surface area (Å²) in [6, 6.07) is 18.5. The third-order valence-electron chi connectivity index (χ3n) is 4.64. The average Bonchev–Trinajstić information content (AvgIpc) is 3.17. The molecule has 4 rings (SSSR count). The molecule has 0 amide bonds. The molecule has 1 atom stereocenters. The van der Waals surface area contributed by atoms with Crippen LogP contribution in [0.4, 0.5) is 0 Å². The number of carbonyl (C=O) groups excluding carboxylic acids is 1. The van der Waals surface area contributed by atoms with E-state index in [-0.39, 0.29) is 5.69 Å². The summed E-state index contributed by atoms with van der Waals surface area (Å²) >= 11 is 1.62. The highest BCUT2D eigenvalue weighted by Crippen LogP contribution is 2.34. The number of benzene rings is 1. The molecule has 0 radical (unpaired) electrons. The standard InChI is InChI=1S/C22H19N3O3S/c1-28-22(27)17-10-6-9-16(23-17)21(26)19-18-12-11-15(29-2)13-25(18)24-20(19)14-7-4-3-5-8-14/h3-13,21,26H,1-2H3. The number of hydrogen-bond donors (Lipinski definition) is 1. The minimum Gasteiger partial charge on any atom is -0.464 e. The molecule has 0 spiro atoms. The van der Waals surface area contributed by atoms with Crippen molar-refractivity contribution in [3.8, 4) is 11.3 Å². The van der Waals surface area contributed by atoms with Crippen LogP contribution in [0.15, 0.2) is 71.8 Å². The summed E-state index contributed by atoms with van der Waals surface area (Å²) in [6.45, 7) is 0. The number of ether oxygens (including phenoxy) is 1. The van der Waals surface area contributed by atoms with Crippen molar-refractivity contribution in [3.05, 3.63) is 83.8 Å². The molecule has 0 saturated heterocycles. The Morgan fingerprint density at radius 1 is 1.10 bits per heavy atom. The molecule has 0 saturated carbocycles. The van der Waals surface area contributed by atoms with Crippen molar-refractivity contribution in [2.75, 3.05) is 13.4 Å². The number of methoxy groups -OCH3 is 1. The number of aliphatic hydroxyl groups excluding tert-OH is 1. The Kier molecular flexibility index (Phi) is 5.33. The van der Waals surface area contributed by atoms with Crippen molar-refractivity contribution >= 4 is 23.2 Å². The first-order valence-electron chi connectivity index (χ1n) is 8.97. The van der Waals surface area contributed by atoms with Crippen molar-refractivity contribution in [3.63, 3.8) is 0 Å². The molecule has 4 aromatic rings. The molecule has 29 heavy (non-hydrogen) atoms. The number of aromatic nitrogens is 3. The first-order chi connectivity index (χ1) is 14.1. The van der Waals surface area contributed by atoms with E-state index in [1.807, 2.05) is 54.9 Å². The molecule has 3 aromatic heterocycles. The third-order valence-corrected chi connectivity index (χ3v) is 5.36. The number of esters is 1. The molecule has 1 aromatic carbocycles. The van der Waals surface area contributed by atoms with Gasteiger partial charge in [-0.2, -0.15) is 5.10 Å². The van der Waals surface area contributed by atoms with Gasteiger partial charge in [0.2, 0.25) is 0 Å². The van der Waals surface area contributed by atoms with Gasteiger partial charge in [-0.05, 0) is 30.5 Å². The first kappa shape index (κ1) is 19.2. The molecule has 0 aliphatic rings. The van der Waals surface area contributed by atoms with E-state index in [9.17, 15) is 9.90 Å². The van der Waals surface area contributed by atoms with Crippen LogP contribution in [0.5, 0.6) is 0 Å². The van der Waals surface area contributed by atoms with Crippen LogP contribution < -0.4 is 0 Å². The first-order valence-corrected chi connectivity index (χ1v) is 10.2. The maximum atomic E-state index is 11.9. The van der Waals surface area contributed by atoms with Crippen LogP contribution in [0, 0.1) is 0 Å². The number of nitrogens with zero attached hydrogens (tertiary/aromatic N) is 3. The summed E-state index contributed by atoms with van der Waals surface area (Å²) in [5.41, 5.74) is 3.47. The Balaban J connectivity index is 1.91. The Bertz CT molecular complexity index is 1170. The van der Waals surface area contributed by atoms with Crippen molar-refractivity contribution in [2.24, 2.45) is 0 Å². The molecular weight excluding hydrogens is 386 g/mol. The molecule has 7 heteroatoms. The maximum absolute atomic E-state index is 11.9. The van der Waals surface area contributed by atoms with E-state index in [0.717, 1.165) is 16.0 Å². The van der Waals surface area contributed by atoms with Gasteiger partial charge in [0.15, 0.2) is 0 Å². The molecule has 3 heterocycles. The predicted molar refractivity (Wildman–Crippen MR) is 112 cm³/mol. The predicted octanol–water partition coefficient (Wildman–Crippen LogP) is 3.99. The number of pyridine rings is 2. The van der Waals surface area contributed by atoms with Gasteiger partial charge in [0.25, 0.3) is 0 Å². The monoisotopic (exact) mass is 405 g/mol. The molecule has 1 N–H and O–H groups in total. The quantitative estimate of drug-likeness (QED) is 0.400. The van der Waals surface area contributed by atoms with Crippen LogP contribution >= 0.6 is 11.8 Å². The van der Waals surface area contributed by atoms with Crippen LogP contribution in [0.1, 0.15) is 27.8 Å². The molecule has 6 nitrogen and oxygen atoms in total. The zero-order valence-electron chi connectivity index (χ0n) is 15.9.